The molecule has 0 spiro atoms. The number of aryl methyl sites for hydroxylation is 1. The number of benzene rings is 4. The zero-order valence-corrected chi connectivity index (χ0v) is 24.7. The Hall–Kier alpha value is -5.15. The van der Waals surface area contributed by atoms with E-state index in [9.17, 15) is 19.2 Å². The Balaban J connectivity index is 1.48. The molecule has 0 aliphatic heterocycles. The number of hydrogen-bond acceptors (Lipinski definition) is 6. The number of nitrogens with one attached hydrogen (secondary N) is 3. The standard InChI is InChI=1S/C34H31N3O5S/c1-22-12-7-8-15-25(22)20-30(37-32(39)24-13-5-4-6-14-24)33(40)35-26-16-11-17-27(21-26)43-23(2)31(38)36-29-19-10-9-18-28(29)34(41)42-3/h4-21,23H,1-3H3,(H,35,40)(H,36,38)(H,37,39)/b30-20+. The molecule has 1 atom stereocenters. The molecule has 0 saturated carbocycles. The zero-order chi connectivity index (χ0) is 30.8. The molecule has 0 aliphatic carbocycles. The van der Waals surface area contributed by atoms with E-state index >= 15 is 0 Å². The molecule has 0 radical (unpaired) electrons. The van der Waals surface area contributed by atoms with Gasteiger partial charge in [0.2, 0.25) is 5.91 Å². The van der Waals surface area contributed by atoms with Gasteiger partial charge in [-0.1, -0.05) is 60.7 Å². The van der Waals surface area contributed by atoms with E-state index in [1.807, 2.05) is 43.3 Å². The maximum Gasteiger partial charge on any atom is 0.339 e. The third-order valence-electron chi connectivity index (χ3n) is 6.38. The summed E-state index contributed by atoms with van der Waals surface area (Å²) in [5.41, 5.74) is 3.35. The van der Waals surface area contributed by atoms with E-state index in [4.69, 9.17) is 4.74 Å². The van der Waals surface area contributed by atoms with Gasteiger partial charge in [0.15, 0.2) is 0 Å². The van der Waals surface area contributed by atoms with Gasteiger partial charge in [0.05, 0.1) is 23.6 Å². The van der Waals surface area contributed by atoms with Crippen LogP contribution in [0.25, 0.3) is 6.08 Å². The SMILES string of the molecule is COC(=O)c1ccccc1NC(=O)C(C)Sc1cccc(NC(=O)/C(=C\c2ccccc2C)NC(=O)c2ccccc2)c1. The van der Waals surface area contributed by atoms with Gasteiger partial charge in [-0.3, -0.25) is 14.4 Å². The minimum absolute atomic E-state index is 0.0817. The summed E-state index contributed by atoms with van der Waals surface area (Å²) < 4.78 is 4.80. The number of carbonyl (C=O) groups is 4. The molecular formula is C34H31N3O5S. The van der Waals surface area contributed by atoms with Gasteiger partial charge in [0, 0.05) is 16.1 Å². The molecule has 218 valence electrons. The van der Waals surface area contributed by atoms with Crippen LogP contribution in [0.3, 0.4) is 0 Å². The topological polar surface area (TPSA) is 114 Å². The number of hydrogen-bond donors (Lipinski definition) is 3. The molecular weight excluding hydrogens is 562 g/mol. The fourth-order valence-electron chi connectivity index (χ4n) is 4.06. The summed E-state index contributed by atoms with van der Waals surface area (Å²) >= 11 is 1.29. The summed E-state index contributed by atoms with van der Waals surface area (Å²) in [6.45, 7) is 3.67. The lowest BCUT2D eigenvalue weighted by Gasteiger charge is -2.15. The molecule has 4 aromatic carbocycles. The highest BCUT2D eigenvalue weighted by molar-refractivity contribution is 8.00. The smallest absolute Gasteiger partial charge is 0.339 e. The van der Waals surface area contributed by atoms with E-state index in [1.54, 1.807) is 79.7 Å². The predicted octanol–water partition coefficient (Wildman–Crippen LogP) is 6.31. The molecule has 0 saturated heterocycles. The summed E-state index contributed by atoms with van der Waals surface area (Å²) in [6.07, 6.45) is 1.64. The van der Waals surface area contributed by atoms with Crippen LogP contribution in [0.4, 0.5) is 11.4 Å². The molecule has 4 aromatic rings. The Morgan fingerprint density at radius 2 is 1.51 bits per heavy atom. The molecule has 8 nitrogen and oxygen atoms in total. The Morgan fingerprint density at radius 1 is 0.814 bits per heavy atom. The zero-order valence-electron chi connectivity index (χ0n) is 23.9. The van der Waals surface area contributed by atoms with Gasteiger partial charge < -0.3 is 20.7 Å². The van der Waals surface area contributed by atoms with Crippen LogP contribution in [0, 0.1) is 6.92 Å². The fraction of sp³-hybridized carbons (Fsp3) is 0.118. The first-order valence-electron chi connectivity index (χ1n) is 13.4. The van der Waals surface area contributed by atoms with E-state index in [0.29, 0.717) is 16.9 Å². The van der Waals surface area contributed by atoms with Crippen molar-refractivity contribution in [1.29, 1.82) is 0 Å². The van der Waals surface area contributed by atoms with Gasteiger partial charge in [0.1, 0.15) is 5.70 Å². The number of rotatable bonds is 10. The highest BCUT2D eigenvalue weighted by atomic mass is 32.2. The molecule has 1 unspecified atom stereocenters. The minimum Gasteiger partial charge on any atom is -0.465 e. The molecule has 0 aliphatic rings. The first-order valence-corrected chi connectivity index (χ1v) is 14.3. The maximum atomic E-state index is 13.4. The molecule has 0 heterocycles. The molecule has 3 amide bonds. The Kier molecular flexibility index (Phi) is 10.5. The fourth-order valence-corrected chi connectivity index (χ4v) is 4.99. The minimum atomic E-state index is -0.546. The van der Waals surface area contributed by atoms with Crippen LogP contribution in [-0.4, -0.2) is 36.1 Å². The molecule has 3 N–H and O–H groups in total. The first-order chi connectivity index (χ1) is 20.7. The predicted molar refractivity (Wildman–Crippen MR) is 170 cm³/mol. The Morgan fingerprint density at radius 3 is 2.26 bits per heavy atom. The molecule has 0 bridgehead atoms. The lowest BCUT2D eigenvalue weighted by molar-refractivity contribution is -0.115. The van der Waals surface area contributed by atoms with Crippen molar-refractivity contribution in [2.45, 2.75) is 24.0 Å². The van der Waals surface area contributed by atoms with Crippen molar-refractivity contribution < 1.29 is 23.9 Å². The number of anilines is 2. The van der Waals surface area contributed by atoms with Crippen LogP contribution >= 0.6 is 11.8 Å². The lowest BCUT2D eigenvalue weighted by Crippen LogP contribution is -2.30. The molecule has 4 rings (SSSR count). The van der Waals surface area contributed by atoms with Gasteiger partial charge in [-0.2, -0.15) is 0 Å². The Bertz CT molecular complexity index is 1670. The van der Waals surface area contributed by atoms with Crippen molar-refractivity contribution in [3.8, 4) is 0 Å². The van der Waals surface area contributed by atoms with Crippen LogP contribution in [0.5, 0.6) is 0 Å². The number of methoxy groups -OCH3 is 1. The second-order valence-corrected chi connectivity index (χ2v) is 10.9. The van der Waals surface area contributed by atoms with Crippen LogP contribution in [-0.2, 0) is 14.3 Å². The number of para-hydroxylation sites is 1. The monoisotopic (exact) mass is 593 g/mol. The van der Waals surface area contributed by atoms with E-state index in [1.165, 1.54) is 18.9 Å². The van der Waals surface area contributed by atoms with Crippen LogP contribution in [0.2, 0.25) is 0 Å². The van der Waals surface area contributed by atoms with Crippen molar-refractivity contribution in [3.05, 3.63) is 131 Å². The van der Waals surface area contributed by atoms with E-state index in [-0.39, 0.29) is 17.2 Å². The summed E-state index contributed by atoms with van der Waals surface area (Å²) in [5, 5.41) is 7.87. The highest BCUT2D eigenvalue weighted by Gasteiger charge is 2.19. The van der Waals surface area contributed by atoms with E-state index in [2.05, 4.69) is 16.0 Å². The number of carbonyl (C=O) groups excluding carboxylic acids is 4. The van der Waals surface area contributed by atoms with Gasteiger partial charge in [0.25, 0.3) is 11.8 Å². The maximum absolute atomic E-state index is 13.4. The van der Waals surface area contributed by atoms with Gasteiger partial charge >= 0.3 is 5.97 Å². The van der Waals surface area contributed by atoms with Gasteiger partial charge in [-0.25, -0.2) is 4.79 Å². The number of amides is 3. The van der Waals surface area contributed by atoms with Crippen LogP contribution in [0.15, 0.2) is 114 Å². The normalized spacial score (nSPS) is 11.7. The highest BCUT2D eigenvalue weighted by Crippen LogP contribution is 2.27. The molecule has 0 aromatic heterocycles. The number of esters is 1. The third kappa shape index (κ3) is 8.43. The molecule has 0 fully saturated rings. The van der Waals surface area contributed by atoms with Gasteiger partial charge in [-0.15, -0.1) is 11.8 Å². The third-order valence-corrected chi connectivity index (χ3v) is 7.48. The average molecular weight is 594 g/mol. The van der Waals surface area contributed by atoms with Crippen molar-refractivity contribution >= 4 is 52.9 Å². The van der Waals surface area contributed by atoms with Crippen molar-refractivity contribution in [2.24, 2.45) is 0 Å². The summed E-state index contributed by atoms with van der Waals surface area (Å²) in [5.74, 6) is -1.76. The lowest BCUT2D eigenvalue weighted by atomic mass is 10.1. The first kappa shape index (κ1) is 30.8. The average Bonchev–Trinajstić information content (AvgIpc) is 3.02. The largest absolute Gasteiger partial charge is 0.465 e. The number of ether oxygens (including phenoxy) is 1. The van der Waals surface area contributed by atoms with Crippen LogP contribution < -0.4 is 16.0 Å². The molecule has 9 heteroatoms. The number of thioether (sulfide) groups is 1. The second-order valence-electron chi connectivity index (χ2n) is 9.50. The van der Waals surface area contributed by atoms with E-state index < -0.39 is 23.0 Å². The van der Waals surface area contributed by atoms with E-state index in [0.717, 1.165) is 16.0 Å². The summed E-state index contributed by atoms with van der Waals surface area (Å²) in [7, 11) is 1.28. The van der Waals surface area contributed by atoms with Crippen molar-refractivity contribution in [1.82, 2.24) is 5.32 Å². The van der Waals surface area contributed by atoms with Gasteiger partial charge in [-0.05, 0) is 73.5 Å². The summed E-state index contributed by atoms with van der Waals surface area (Å²) in [4.78, 5) is 52.1. The second kappa shape index (κ2) is 14.7. The Labute approximate surface area is 254 Å². The van der Waals surface area contributed by atoms with Crippen molar-refractivity contribution in [2.75, 3.05) is 17.7 Å². The quantitative estimate of drug-likeness (QED) is 0.113. The molecule has 43 heavy (non-hydrogen) atoms. The van der Waals surface area contributed by atoms with Crippen LogP contribution in [0.1, 0.15) is 38.8 Å². The van der Waals surface area contributed by atoms with Crippen molar-refractivity contribution in [3.63, 3.8) is 0 Å². The summed E-state index contributed by atoms with van der Waals surface area (Å²) in [6, 6.07) is 29.9.